The van der Waals surface area contributed by atoms with Crippen molar-refractivity contribution in [1.29, 1.82) is 0 Å². The number of hydrogen-bond acceptors (Lipinski definition) is 4. The topological polar surface area (TPSA) is 49.8 Å². The average molecular weight is 275 g/mol. The van der Waals surface area contributed by atoms with E-state index in [1.165, 1.54) is 12.8 Å². The van der Waals surface area contributed by atoms with Crippen molar-refractivity contribution in [1.82, 2.24) is 9.97 Å². The summed E-state index contributed by atoms with van der Waals surface area (Å²) in [4.78, 5) is 8.67. The molecular formula is C14H15ClN4. The number of anilines is 3. The van der Waals surface area contributed by atoms with Gasteiger partial charge in [-0.15, -0.1) is 0 Å². The highest BCUT2D eigenvalue weighted by molar-refractivity contribution is 6.30. The lowest BCUT2D eigenvalue weighted by Gasteiger charge is -2.10. The van der Waals surface area contributed by atoms with Gasteiger partial charge in [-0.1, -0.05) is 17.7 Å². The summed E-state index contributed by atoms with van der Waals surface area (Å²) in [6.45, 7) is 2.02. The highest BCUT2D eigenvalue weighted by Crippen LogP contribution is 2.25. The van der Waals surface area contributed by atoms with Crippen molar-refractivity contribution >= 4 is 29.1 Å². The number of aryl methyl sites for hydroxylation is 1. The largest absolute Gasteiger partial charge is 0.367 e. The van der Waals surface area contributed by atoms with Gasteiger partial charge in [-0.05, 0) is 43.5 Å². The van der Waals surface area contributed by atoms with E-state index in [2.05, 4.69) is 20.6 Å². The SMILES string of the molecule is Cc1ccc(Cl)cc1Nc1nccc(NC2CC2)n1. The van der Waals surface area contributed by atoms with E-state index in [1.54, 1.807) is 6.20 Å². The van der Waals surface area contributed by atoms with Crippen LogP contribution in [0.25, 0.3) is 0 Å². The molecule has 0 bridgehead atoms. The molecule has 2 N–H and O–H groups in total. The van der Waals surface area contributed by atoms with E-state index in [0.29, 0.717) is 17.0 Å². The third-order valence-corrected chi connectivity index (χ3v) is 3.27. The molecule has 1 fully saturated rings. The van der Waals surface area contributed by atoms with E-state index in [4.69, 9.17) is 11.6 Å². The summed E-state index contributed by atoms with van der Waals surface area (Å²) in [6, 6.07) is 8.18. The summed E-state index contributed by atoms with van der Waals surface area (Å²) >= 11 is 6.00. The van der Waals surface area contributed by atoms with Gasteiger partial charge in [-0.2, -0.15) is 4.98 Å². The van der Waals surface area contributed by atoms with Gasteiger partial charge in [0.05, 0.1) is 0 Å². The van der Waals surface area contributed by atoms with E-state index < -0.39 is 0 Å². The molecule has 0 spiro atoms. The number of aromatic nitrogens is 2. The fourth-order valence-corrected chi connectivity index (χ4v) is 1.96. The van der Waals surface area contributed by atoms with E-state index in [9.17, 15) is 0 Å². The first-order valence-corrected chi connectivity index (χ1v) is 6.71. The number of hydrogen-bond donors (Lipinski definition) is 2. The lowest BCUT2D eigenvalue weighted by Crippen LogP contribution is -2.05. The monoisotopic (exact) mass is 274 g/mol. The van der Waals surface area contributed by atoms with Gasteiger partial charge in [0.25, 0.3) is 0 Å². The first-order chi connectivity index (χ1) is 9.20. The lowest BCUT2D eigenvalue weighted by atomic mass is 10.2. The molecule has 1 saturated carbocycles. The molecule has 0 radical (unpaired) electrons. The molecule has 3 rings (SSSR count). The molecule has 0 aliphatic heterocycles. The zero-order valence-electron chi connectivity index (χ0n) is 10.7. The van der Waals surface area contributed by atoms with Crippen LogP contribution in [0.5, 0.6) is 0 Å². The molecule has 19 heavy (non-hydrogen) atoms. The minimum atomic E-state index is 0.579. The van der Waals surface area contributed by atoms with Crippen LogP contribution >= 0.6 is 11.6 Å². The fraction of sp³-hybridized carbons (Fsp3) is 0.286. The van der Waals surface area contributed by atoms with Crippen molar-refractivity contribution in [3.05, 3.63) is 41.0 Å². The molecule has 2 aromatic rings. The quantitative estimate of drug-likeness (QED) is 0.891. The second-order valence-corrected chi connectivity index (χ2v) is 5.20. The van der Waals surface area contributed by atoms with Crippen LogP contribution in [0.3, 0.4) is 0 Å². The molecule has 98 valence electrons. The molecule has 0 amide bonds. The van der Waals surface area contributed by atoms with E-state index in [1.807, 2.05) is 31.2 Å². The molecule has 5 heteroatoms. The van der Waals surface area contributed by atoms with Gasteiger partial charge in [0.15, 0.2) is 0 Å². The second kappa shape index (κ2) is 5.05. The summed E-state index contributed by atoms with van der Waals surface area (Å²) < 4.78 is 0. The van der Waals surface area contributed by atoms with Crippen LogP contribution in [0, 0.1) is 6.92 Å². The Hall–Kier alpha value is -1.81. The third-order valence-electron chi connectivity index (χ3n) is 3.03. The van der Waals surface area contributed by atoms with Gasteiger partial charge >= 0.3 is 0 Å². The Bertz CT molecular complexity index is 596. The minimum Gasteiger partial charge on any atom is -0.367 e. The highest BCUT2D eigenvalue weighted by atomic mass is 35.5. The zero-order chi connectivity index (χ0) is 13.2. The van der Waals surface area contributed by atoms with Crippen molar-refractivity contribution < 1.29 is 0 Å². The summed E-state index contributed by atoms with van der Waals surface area (Å²) in [5, 5.41) is 7.25. The zero-order valence-corrected chi connectivity index (χ0v) is 11.4. The van der Waals surface area contributed by atoms with Gasteiger partial charge in [-0.3, -0.25) is 0 Å². The van der Waals surface area contributed by atoms with E-state index >= 15 is 0 Å². The Morgan fingerprint density at radius 1 is 1.26 bits per heavy atom. The molecule has 1 aliphatic rings. The minimum absolute atomic E-state index is 0.579. The normalized spacial score (nSPS) is 14.2. The molecule has 0 saturated heterocycles. The predicted octanol–water partition coefficient (Wildman–Crippen LogP) is 3.76. The van der Waals surface area contributed by atoms with Crippen molar-refractivity contribution in [2.75, 3.05) is 10.6 Å². The molecule has 0 atom stereocenters. The smallest absolute Gasteiger partial charge is 0.229 e. The molecule has 0 unspecified atom stereocenters. The predicted molar refractivity (Wildman–Crippen MR) is 78.1 cm³/mol. The van der Waals surface area contributed by atoms with Crippen molar-refractivity contribution in [3.63, 3.8) is 0 Å². The Morgan fingerprint density at radius 3 is 2.89 bits per heavy atom. The maximum absolute atomic E-state index is 6.00. The van der Waals surface area contributed by atoms with Gasteiger partial charge in [0, 0.05) is 22.9 Å². The van der Waals surface area contributed by atoms with Crippen LogP contribution in [0.4, 0.5) is 17.5 Å². The van der Waals surface area contributed by atoms with Gasteiger partial charge in [-0.25, -0.2) is 4.98 Å². The molecule has 1 aromatic heterocycles. The fourth-order valence-electron chi connectivity index (χ4n) is 1.79. The van der Waals surface area contributed by atoms with Crippen LogP contribution in [0.2, 0.25) is 5.02 Å². The van der Waals surface area contributed by atoms with Gasteiger partial charge in [0.2, 0.25) is 5.95 Å². The number of nitrogens with zero attached hydrogens (tertiary/aromatic N) is 2. The number of benzene rings is 1. The highest BCUT2D eigenvalue weighted by Gasteiger charge is 2.21. The third kappa shape index (κ3) is 3.15. The van der Waals surface area contributed by atoms with Crippen LogP contribution < -0.4 is 10.6 Å². The summed E-state index contributed by atoms with van der Waals surface area (Å²) in [6.07, 6.45) is 4.19. The Morgan fingerprint density at radius 2 is 2.11 bits per heavy atom. The standard InChI is InChI=1S/C14H15ClN4/c1-9-2-3-10(15)8-12(9)18-14-16-7-6-13(19-14)17-11-4-5-11/h2-3,6-8,11H,4-5H2,1H3,(H2,16,17,18,19). The molecule has 4 nitrogen and oxygen atoms in total. The van der Waals surface area contributed by atoms with Crippen LogP contribution in [0.1, 0.15) is 18.4 Å². The van der Waals surface area contributed by atoms with Crippen molar-refractivity contribution in [2.45, 2.75) is 25.8 Å². The first-order valence-electron chi connectivity index (χ1n) is 6.33. The summed E-state index contributed by atoms with van der Waals surface area (Å²) in [5.74, 6) is 1.44. The molecule has 1 heterocycles. The molecule has 1 aliphatic carbocycles. The first kappa shape index (κ1) is 12.2. The van der Waals surface area contributed by atoms with Gasteiger partial charge in [0.1, 0.15) is 5.82 Å². The van der Waals surface area contributed by atoms with Gasteiger partial charge < -0.3 is 10.6 Å². The maximum atomic E-state index is 6.00. The van der Waals surface area contributed by atoms with Crippen molar-refractivity contribution in [2.24, 2.45) is 0 Å². The molecular weight excluding hydrogens is 260 g/mol. The lowest BCUT2D eigenvalue weighted by molar-refractivity contribution is 1.08. The van der Waals surface area contributed by atoms with Crippen LogP contribution in [-0.4, -0.2) is 16.0 Å². The maximum Gasteiger partial charge on any atom is 0.229 e. The molecule has 1 aromatic carbocycles. The number of rotatable bonds is 4. The Labute approximate surface area is 117 Å². The summed E-state index contributed by atoms with van der Waals surface area (Å²) in [7, 11) is 0. The number of halogens is 1. The average Bonchev–Trinajstić information content (AvgIpc) is 3.18. The Kier molecular flexibility index (Phi) is 3.25. The summed E-state index contributed by atoms with van der Waals surface area (Å²) in [5.41, 5.74) is 2.03. The van der Waals surface area contributed by atoms with Crippen LogP contribution in [0.15, 0.2) is 30.5 Å². The van der Waals surface area contributed by atoms with E-state index in [0.717, 1.165) is 17.1 Å². The Balaban J connectivity index is 1.79. The van der Waals surface area contributed by atoms with E-state index in [-0.39, 0.29) is 0 Å². The number of nitrogens with one attached hydrogen (secondary N) is 2. The second-order valence-electron chi connectivity index (χ2n) is 4.77. The van der Waals surface area contributed by atoms with Crippen molar-refractivity contribution in [3.8, 4) is 0 Å². The van der Waals surface area contributed by atoms with Crippen LogP contribution in [-0.2, 0) is 0 Å².